The molecule has 0 fully saturated rings. The highest BCUT2D eigenvalue weighted by molar-refractivity contribution is 5.79. The van der Waals surface area contributed by atoms with Crippen molar-refractivity contribution in [3.8, 4) is 5.75 Å². The van der Waals surface area contributed by atoms with E-state index in [9.17, 15) is 0 Å². The van der Waals surface area contributed by atoms with E-state index in [0.717, 1.165) is 30.4 Å². The van der Waals surface area contributed by atoms with Crippen LogP contribution in [0.4, 0.5) is 0 Å². The minimum absolute atomic E-state index is 0.460. The molecule has 124 valence electrons. The predicted octanol–water partition coefficient (Wildman–Crippen LogP) is 2.54. The van der Waals surface area contributed by atoms with Crippen molar-refractivity contribution in [1.29, 1.82) is 0 Å². The summed E-state index contributed by atoms with van der Waals surface area (Å²) in [5, 5.41) is 10.4. The zero-order chi connectivity index (χ0) is 16.5. The second-order valence-corrected chi connectivity index (χ2v) is 5.31. The second kappa shape index (κ2) is 8.82. The number of hydrogen-bond acceptors (Lipinski definition) is 4. The molecular weight excluding hydrogens is 292 g/mol. The lowest BCUT2D eigenvalue weighted by Gasteiger charge is -2.15. The van der Waals surface area contributed by atoms with Gasteiger partial charge < -0.3 is 19.9 Å². The first-order valence-electron chi connectivity index (χ1n) is 7.70. The fourth-order valence-electron chi connectivity index (χ4n) is 2.23. The number of nitrogens with zero attached hydrogens (tertiary/aromatic N) is 2. The Morgan fingerprint density at radius 3 is 2.65 bits per heavy atom. The van der Waals surface area contributed by atoms with Gasteiger partial charge in [-0.1, -0.05) is 24.2 Å². The van der Waals surface area contributed by atoms with Gasteiger partial charge in [-0.2, -0.15) is 0 Å². The lowest BCUT2D eigenvalue weighted by atomic mass is 9.98. The minimum atomic E-state index is 0.460. The maximum absolute atomic E-state index is 5.19. The van der Waals surface area contributed by atoms with Crippen molar-refractivity contribution in [2.45, 2.75) is 25.8 Å². The van der Waals surface area contributed by atoms with Crippen LogP contribution in [0.15, 0.2) is 46.1 Å². The van der Waals surface area contributed by atoms with Crippen LogP contribution in [-0.4, -0.2) is 31.8 Å². The molecule has 6 nitrogen and oxygen atoms in total. The van der Waals surface area contributed by atoms with Crippen molar-refractivity contribution in [1.82, 2.24) is 15.8 Å². The summed E-state index contributed by atoms with van der Waals surface area (Å²) in [7, 11) is 3.44. The predicted molar refractivity (Wildman–Crippen MR) is 90.7 cm³/mol. The fourth-order valence-corrected chi connectivity index (χ4v) is 2.23. The number of aliphatic imine (C=N–C) groups is 1. The molecule has 1 heterocycles. The monoisotopic (exact) mass is 316 g/mol. The van der Waals surface area contributed by atoms with Gasteiger partial charge in [-0.05, 0) is 30.0 Å². The molecule has 0 saturated heterocycles. The van der Waals surface area contributed by atoms with Gasteiger partial charge in [-0.15, -0.1) is 0 Å². The minimum Gasteiger partial charge on any atom is -0.497 e. The van der Waals surface area contributed by atoms with Gasteiger partial charge in [0.05, 0.1) is 13.7 Å². The molecule has 1 atom stereocenters. The molecule has 0 bridgehead atoms. The third kappa shape index (κ3) is 5.32. The molecule has 0 spiro atoms. The maximum Gasteiger partial charge on any atom is 0.191 e. The van der Waals surface area contributed by atoms with E-state index in [2.05, 4.69) is 39.8 Å². The first-order chi connectivity index (χ1) is 11.2. The van der Waals surface area contributed by atoms with Gasteiger partial charge in [-0.3, -0.25) is 4.99 Å². The molecule has 0 aliphatic carbocycles. The molecule has 2 N–H and O–H groups in total. The Hall–Kier alpha value is -2.50. The molecule has 23 heavy (non-hydrogen) atoms. The Bertz CT molecular complexity index is 594. The van der Waals surface area contributed by atoms with E-state index in [0.29, 0.717) is 12.5 Å². The van der Waals surface area contributed by atoms with Crippen LogP contribution in [0.1, 0.15) is 30.5 Å². The van der Waals surface area contributed by atoms with E-state index in [1.54, 1.807) is 20.4 Å². The lowest BCUT2D eigenvalue weighted by Crippen LogP contribution is -2.37. The Morgan fingerprint density at radius 2 is 2.04 bits per heavy atom. The highest BCUT2D eigenvalue weighted by Crippen LogP contribution is 2.21. The molecular formula is C17H24N4O2. The van der Waals surface area contributed by atoms with Crippen LogP contribution < -0.4 is 15.4 Å². The molecule has 6 heteroatoms. The van der Waals surface area contributed by atoms with Gasteiger partial charge >= 0.3 is 0 Å². The van der Waals surface area contributed by atoms with E-state index in [4.69, 9.17) is 9.26 Å². The van der Waals surface area contributed by atoms with Crippen molar-refractivity contribution in [3.63, 3.8) is 0 Å². The van der Waals surface area contributed by atoms with Gasteiger partial charge in [0.1, 0.15) is 17.7 Å². The van der Waals surface area contributed by atoms with Gasteiger partial charge in [0.2, 0.25) is 0 Å². The van der Waals surface area contributed by atoms with Crippen LogP contribution in [0.2, 0.25) is 0 Å². The molecule has 1 aromatic carbocycles. The molecule has 2 rings (SSSR count). The first-order valence-corrected chi connectivity index (χ1v) is 7.70. The fraction of sp³-hybridized carbons (Fsp3) is 0.412. The number of hydrogen-bond donors (Lipinski definition) is 2. The van der Waals surface area contributed by atoms with E-state index < -0.39 is 0 Å². The van der Waals surface area contributed by atoms with Crippen LogP contribution in [0.3, 0.4) is 0 Å². The number of methoxy groups -OCH3 is 1. The Balaban J connectivity index is 1.73. The topological polar surface area (TPSA) is 71.7 Å². The van der Waals surface area contributed by atoms with Crippen LogP contribution in [0, 0.1) is 0 Å². The normalized spacial score (nSPS) is 12.7. The molecule has 0 aliphatic rings. The van der Waals surface area contributed by atoms with Crippen LogP contribution in [-0.2, 0) is 6.54 Å². The highest BCUT2D eigenvalue weighted by atomic mass is 16.5. The van der Waals surface area contributed by atoms with Crippen molar-refractivity contribution >= 4 is 5.96 Å². The quantitative estimate of drug-likeness (QED) is 0.607. The number of ether oxygens (including phenoxy) is 1. The molecule has 0 radical (unpaired) electrons. The van der Waals surface area contributed by atoms with Crippen LogP contribution in [0.25, 0.3) is 0 Å². The molecule has 1 unspecified atom stereocenters. The van der Waals surface area contributed by atoms with Crippen molar-refractivity contribution in [3.05, 3.63) is 47.9 Å². The summed E-state index contributed by atoms with van der Waals surface area (Å²) in [6.45, 7) is 3.64. The highest BCUT2D eigenvalue weighted by Gasteiger charge is 2.06. The van der Waals surface area contributed by atoms with Crippen molar-refractivity contribution < 1.29 is 9.26 Å². The van der Waals surface area contributed by atoms with E-state index >= 15 is 0 Å². The Labute approximate surface area is 136 Å². The third-order valence-corrected chi connectivity index (χ3v) is 3.71. The smallest absolute Gasteiger partial charge is 0.191 e. The van der Waals surface area contributed by atoms with E-state index in [1.807, 2.05) is 18.2 Å². The van der Waals surface area contributed by atoms with Crippen molar-refractivity contribution in [2.24, 2.45) is 4.99 Å². The first kappa shape index (κ1) is 16.9. The molecule has 2 aromatic rings. The SMILES string of the molecule is CN=C(NCCC(C)c1ccc(OC)cc1)NCc1ccon1. The van der Waals surface area contributed by atoms with Crippen LogP contribution in [0.5, 0.6) is 5.75 Å². The lowest BCUT2D eigenvalue weighted by molar-refractivity contribution is 0.410. The molecule has 1 aromatic heterocycles. The number of nitrogens with one attached hydrogen (secondary N) is 2. The third-order valence-electron chi connectivity index (χ3n) is 3.71. The van der Waals surface area contributed by atoms with Gasteiger partial charge in [-0.25, -0.2) is 0 Å². The number of benzene rings is 1. The average Bonchev–Trinajstić information content (AvgIpc) is 3.11. The summed E-state index contributed by atoms with van der Waals surface area (Å²) < 4.78 is 9.98. The number of aromatic nitrogens is 1. The van der Waals surface area contributed by atoms with E-state index in [1.165, 1.54) is 5.56 Å². The molecule has 0 aliphatic heterocycles. The van der Waals surface area contributed by atoms with Gasteiger partial charge in [0.15, 0.2) is 5.96 Å². The molecule has 0 amide bonds. The molecule has 0 saturated carbocycles. The summed E-state index contributed by atoms with van der Waals surface area (Å²) in [5.74, 6) is 2.11. The Morgan fingerprint density at radius 1 is 1.26 bits per heavy atom. The summed E-state index contributed by atoms with van der Waals surface area (Å²) in [6.07, 6.45) is 2.57. The van der Waals surface area contributed by atoms with Gasteiger partial charge in [0.25, 0.3) is 0 Å². The van der Waals surface area contributed by atoms with Gasteiger partial charge in [0, 0.05) is 19.7 Å². The number of guanidine groups is 1. The summed E-state index contributed by atoms with van der Waals surface area (Å²) in [5.41, 5.74) is 2.15. The van der Waals surface area contributed by atoms with Crippen LogP contribution >= 0.6 is 0 Å². The largest absolute Gasteiger partial charge is 0.497 e. The average molecular weight is 316 g/mol. The zero-order valence-electron chi connectivity index (χ0n) is 13.9. The number of rotatable bonds is 7. The summed E-state index contributed by atoms with van der Waals surface area (Å²) in [4.78, 5) is 4.20. The summed E-state index contributed by atoms with van der Waals surface area (Å²) >= 11 is 0. The zero-order valence-corrected chi connectivity index (χ0v) is 13.9. The van der Waals surface area contributed by atoms with Crippen molar-refractivity contribution in [2.75, 3.05) is 20.7 Å². The standard InChI is InChI=1S/C17H24N4O2/c1-13(14-4-6-16(22-3)7-5-14)8-10-19-17(18-2)20-12-15-9-11-23-21-15/h4-7,9,11,13H,8,10,12H2,1-3H3,(H2,18,19,20). The maximum atomic E-state index is 5.19. The Kier molecular flexibility index (Phi) is 6.47. The van der Waals surface area contributed by atoms with E-state index in [-0.39, 0.29) is 0 Å². The second-order valence-electron chi connectivity index (χ2n) is 5.31. The summed E-state index contributed by atoms with van der Waals surface area (Å²) in [6, 6.07) is 10.0.